The van der Waals surface area contributed by atoms with Crippen LogP contribution >= 0.6 is 0 Å². The van der Waals surface area contributed by atoms with Gasteiger partial charge in [-0.1, -0.05) is 61.9 Å². The SMILES string of the molecule is CCCC(N)(c1ccccc1)c1cnc2ccccc2c1. The third kappa shape index (κ3) is 2.55. The maximum Gasteiger partial charge on any atom is 0.0702 e. The minimum Gasteiger partial charge on any atom is -0.318 e. The zero-order valence-corrected chi connectivity index (χ0v) is 12.3. The Morgan fingerprint density at radius 2 is 1.67 bits per heavy atom. The van der Waals surface area contributed by atoms with E-state index in [2.05, 4.69) is 36.2 Å². The topological polar surface area (TPSA) is 38.9 Å². The first-order chi connectivity index (χ1) is 10.2. The molecule has 0 aliphatic heterocycles. The molecule has 0 aliphatic carbocycles. The number of nitrogens with zero attached hydrogens (tertiary/aromatic N) is 1. The van der Waals surface area contributed by atoms with E-state index in [9.17, 15) is 0 Å². The summed E-state index contributed by atoms with van der Waals surface area (Å²) in [7, 11) is 0. The summed E-state index contributed by atoms with van der Waals surface area (Å²) in [5, 5.41) is 1.14. The first-order valence-corrected chi connectivity index (χ1v) is 7.44. The minimum absolute atomic E-state index is 0.479. The van der Waals surface area contributed by atoms with Crippen molar-refractivity contribution in [2.75, 3.05) is 0 Å². The third-order valence-corrected chi connectivity index (χ3v) is 4.04. The van der Waals surface area contributed by atoms with Gasteiger partial charge in [-0.3, -0.25) is 4.98 Å². The number of aromatic nitrogens is 1. The first-order valence-electron chi connectivity index (χ1n) is 7.44. The summed E-state index contributed by atoms with van der Waals surface area (Å²) >= 11 is 0. The molecule has 0 amide bonds. The highest BCUT2D eigenvalue weighted by atomic mass is 14.8. The number of nitrogens with two attached hydrogens (primary N) is 1. The molecule has 0 saturated carbocycles. The molecule has 0 bridgehead atoms. The second-order valence-corrected chi connectivity index (χ2v) is 5.50. The van der Waals surface area contributed by atoms with Crippen LogP contribution in [0.4, 0.5) is 0 Å². The standard InChI is InChI=1S/C19H20N2/c1-2-12-19(20,16-9-4-3-5-10-16)17-13-15-8-6-7-11-18(15)21-14-17/h3-11,13-14H,2,12,20H2,1H3. The Labute approximate surface area is 125 Å². The van der Waals surface area contributed by atoms with E-state index in [1.54, 1.807) is 0 Å². The summed E-state index contributed by atoms with van der Waals surface area (Å²) in [4.78, 5) is 4.58. The predicted molar refractivity (Wildman–Crippen MR) is 88.1 cm³/mol. The van der Waals surface area contributed by atoms with Crippen molar-refractivity contribution < 1.29 is 0 Å². The molecule has 2 heteroatoms. The Balaban J connectivity index is 2.15. The van der Waals surface area contributed by atoms with Crippen molar-refractivity contribution >= 4 is 10.9 Å². The fourth-order valence-electron chi connectivity index (χ4n) is 2.90. The summed E-state index contributed by atoms with van der Waals surface area (Å²) in [6.45, 7) is 2.17. The van der Waals surface area contributed by atoms with Crippen LogP contribution in [0, 0.1) is 0 Å². The Morgan fingerprint density at radius 1 is 0.952 bits per heavy atom. The van der Waals surface area contributed by atoms with E-state index in [0.29, 0.717) is 0 Å². The van der Waals surface area contributed by atoms with Crippen LogP contribution in [0.15, 0.2) is 66.9 Å². The van der Waals surface area contributed by atoms with Crippen molar-refractivity contribution in [3.8, 4) is 0 Å². The molecule has 1 unspecified atom stereocenters. The van der Waals surface area contributed by atoms with Gasteiger partial charge in [0.1, 0.15) is 0 Å². The van der Waals surface area contributed by atoms with Crippen LogP contribution in [0.25, 0.3) is 10.9 Å². The summed E-state index contributed by atoms with van der Waals surface area (Å²) in [5.41, 5.74) is 9.55. The molecular weight excluding hydrogens is 256 g/mol. The van der Waals surface area contributed by atoms with E-state index < -0.39 is 5.54 Å². The molecule has 0 spiro atoms. The highest BCUT2D eigenvalue weighted by molar-refractivity contribution is 5.79. The van der Waals surface area contributed by atoms with Crippen molar-refractivity contribution in [3.05, 3.63) is 78.0 Å². The lowest BCUT2D eigenvalue weighted by molar-refractivity contribution is 0.484. The van der Waals surface area contributed by atoms with Crippen LogP contribution in [0.2, 0.25) is 0 Å². The van der Waals surface area contributed by atoms with E-state index in [1.807, 2.05) is 42.6 Å². The van der Waals surface area contributed by atoms with Gasteiger partial charge in [-0.2, -0.15) is 0 Å². The Hall–Kier alpha value is -2.19. The minimum atomic E-state index is -0.479. The molecule has 2 nitrogen and oxygen atoms in total. The molecule has 3 rings (SSSR count). The van der Waals surface area contributed by atoms with Crippen molar-refractivity contribution in [2.45, 2.75) is 25.3 Å². The van der Waals surface area contributed by atoms with Crippen LogP contribution in [0.1, 0.15) is 30.9 Å². The molecule has 0 radical (unpaired) electrons. The second-order valence-electron chi connectivity index (χ2n) is 5.50. The Morgan fingerprint density at radius 3 is 2.43 bits per heavy atom. The highest BCUT2D eigenvalue weighted by Gasteiger charge is 2.29. The van der Waals surface area contributed by atoms with Gasteiger partial charge < -0.3 is 5.73 Å². The lowest BCUT2D eigenvalue weighted by atomic mass is 9.80. The lowest BCUT2D eigenvalue weighted by Crippen LogP contribution is -2.37. The van der Waals surface area contributed by atoms with Crippen molar-refractivity contribution in [1.82, 2.24) is 4.98 Å². The summed E-state index contributed by atoms with van der Waals surface area (Å²) in [6, 6.07) is 20.6. The normalized spacial score (nSPS) is 14.0. The van der Waals surface area contributed by atoms with Crippen LogP contribution in [-0.4, -0.2) is 4.98 Å². The molecule has 1 atom stereocenters. The zero-order valence-electron chi connectivity index (χ0n) is 12.3. The van der Waals surface area contributed by atoms with Gasteiger partial charge in [-0.05, 0) is 29.7 Å². The maximum absolute atomic E-state index is 6.80. The van der Waals surface area contributed by atoms with Gasteiger partial charge in [0.2, 0.25) is 0 Å². The van der Waals surface area contributed by atoms with Gasteiger partial charge in [0.25, 0.3) is 0 Å². The Kier molecular flexibility index (Phi) is 3.72. The monoisotopic (exact) mass is 276 g/mol. The highest BCUT2D eigenvalue weighted by Crippen LogP contribution is 2.32. The van der Waals surface area contributed by atoms with E-state index in [1.165, 1.54) is 0 Å². The molecule has 2 N–H and O–H groups in total. The van der Waals surface area contributed by atoms with Crippen LogP contribution < -0.4 is 5.73 Å². The van der Waals surface area contributed by atoms with Gasteiger partial charge in [0.15, 0.2) is 0 Å². The number of rotatable bonds is 4. The summed E-state index contributed by atoms with van der Waals surface area (Å²) in [6.07, 6.45) is 3.85. The van der Waals surface area contributed by atoms with Gasteiger partial charge in [0.05, 0.1) is 11.1 Å². The van der Waals surface area contributed by atoms with Crippen LogP contribution in [-0.2, 0) is 5.54 Å². The largest absolute Gasteiger partial charge is 0.318 e. The number of hydrogen-bond acceptors (Lipinski definition) is 2. The number of para-hydroxylation sites is 1. The molecule has 106 valence electrons. The molecule has 1 heterocycles. The molecule has 0 fully saturated rings. The fraction of sp³-hybridized carbons (Fsp3) is 0.211. The van der Waals surface area contributed by atoms with Gasteiger partial charge in [0, 0.05) is 11.6 Å². The summed E-state index contributed by atoms with van der Waals surface area (Å²) in [5.74, 6) is 0. The number of pyridine rings is 1. The van der Waals surface area contributed by atoms with Crippen molar-refractivity contribution in [3.63, 3.8) is 0 Å². The Bertz CT molecular complexity index is 737. The molecular formula is C19H20N2. The van der Waals surface area contributed by atoms with E-state index >= 15 is 0 Å². The second kappa shape index (κ2) is 5.66. The van der Waals surface area contributed by atoms with Gasteiger partial charge in [-0.15, -0.1) is 0 Å². The van der Waals surface area contributed by atoms with Crippen molar-refractivity contribution in [1.29, 1.82) is 0 Å². The number of fused-ring (bicyclic) bond motifs is 1. The predicted octanol–water partition coefficient (Wildman–Crippen LogP) is 4.24. The van der Waals surface area contributed by atoms with E-state index in [4.69, 9.17) is 5.73 Å². The van der Waals surface area contributed by atoms with E-state index in [0.717, 1.165) is 34.9 Å². The van der Waals surface area contributed by atoms with Crippen molar-refractivity contribution in [2.24, 2.45) is 5.73 Å². The van der Waals surface area contributed by atoms with Gasteiger partial charge >= 0.3 is 0 Å². The molecule has 2 aromatic carbocycles. The van der Waals surface area contributed by atoms with E-state index in [-0.39, 0.29) is 0 Å². The molecule has 3 aromatic rings. The molecule has 0 saturated heterocycles. The van der Waals surface area contributed by atoms with Gasteiger partial charge in [-0.25, -0.2) is 0 Å². The average Bonchev–Trinajstić information content (AvgIpc) is 2.55. The van der Waals surface area contributed by atoms with Crippen LogP contribution in [0.3, 0.4) is 0 Å². The molecule has 0 aliphatic rings. The van der Waals surface area contributed by atoms with Crippen LogP contribution in [0.5, 0.6) is 0 Å². The number of benzene rings is 2. The first kappa shape index (κ1) is 13.8. The smallest absolute Gasteiger partial charge is 0.0702 e. The lowest BCUT2D eigenvalue weighted by Gasteiger charge is -2.30. The molecule has 1 aromatic heterocycles. The fourth-order valence-corrected chi connectivity index (χ4v) is 2.90. The average molecular weight is 276 g/mol. The molecule has 21 heavy (non-hydrogen) atoms. The maximum atomic E-state index is 6.80. The third-order valence-electron chi connectivity index (χ3n) is 4.04. The summed E-state index contributed by atoms with van der Waals surface area (Å²) < 4.78 is 0. The number of hydrogen-bond donors (Lipinski definition) is 1. The quantitative estimate of drug-likeness (QED) is 0.774. The zero-order chi connectivity index (χ0) is 14.7.